The molecule has 0 aliphatic heterocycles. The van der Waals surface area contributed by atoms with E-state index in [0.717, 1.165) is 0 Å². The number of aromatic carboxylic acids is 1. The summed E-state index contributed by atoms with van der Waals surface area (Å²) in [5.74, 6) is -1.58. The number of rotatable bonds is 2. The Morgan fingerprint density at radius 2 is 1.50 bits per heavy atom. The van der Waals surface area contributed by atoms with Gasteiger partial charge in [-0.1, -0.05) is 46.4 Å². The fourth-order valence-corrected chi connectivity index (χ4v) is 2.07. The van der Waals surface area contributed by atoms with Crippen molar-refractivity contribution in [3.63, 3.8) is 0 Å². The normalized spacial score (nSPS) is 9.81. The Hall–Kier alpha value is 0.810. The molecule has 3 nitrogen and oxygen atoms in total. The van der Waals surface area contributed by atoms with Gasteiger partial charge in [0.1, 0.15) is 0 Å². The van der Waals surface area contributed by atoms with Crippen LogP contribution in [0.2, 0.25) is 20.1 Å². The van der Waals surface area contributed by atoms with Crippen LogP contribution < -0.4 is 34.7 Å². The average molecular weight is 312 g/mol. The van der Waals surface area contributed by atoms with Gasteiger partial charge in [-0.3, -0.25) is 0 Å². The summed E-state index contributed by atoms with van der Waals surface area (Å²) < 4.78 is 0. The standard InChI is InChI=1S/C8H4Cl4O3.Na/c9-4-2(1-13)3(8(14)15)5(10)7(12)6(4)11;/h13H,1H2,(H,14,15);/q;+1/p-1. The first kappa shape index (κ1) is 16.8. The Morgan fingerprint density at radius 3 is 1.88 bits per heavy atom. The number of carbonyl (C=O) groups excluding carboxylic acids is 1. The molecular weight excluding hydrogens is 309 g/mol. The van der Waals surface area contributed by atoms with Crippen LogP contribution in [0.5, 0.6) is 0 Å². The van der Waals surface area contributed by atoms with Crippen molar-refractivity contribution in [3.8, 4) is 0 Å². The van der Waals surface area contributed by atoms with E-state index >= 15 is 0 Å². The molecule has 82 valence electrons. The Bertz CT molecular complexity index is 436. The van der Waals surface area contributed by atoms with Crippen LogP contribution in [0, 0.1) is 0 Å². The summed E-state index contributed by atoms with van der Waals surface area (Å²) in [7, 11) is 0. The molecule has 8 heteroatoms. The molecule has 0 saturated heterocycles. The van der Waals surface area contributed by atoms with Gasteiger partial charge < -0.3 is 15.0 Å². The van der Waals surface area contributed by atoms with E-state index in [9.17, 15) is 9.90 Å². The molecule has 16 heavy (non-hydrogen) atoms. The van der Waals surface area contributed by atoms with Crippen molar-refractivity contribution in [2.24, 2.45) is 0 Å². The first-order valence-electron chi connectivity index (χ1n) is 3.58. The molecule has 0 aromatic heterocycles. The van der Waals surface area contributed by atoms with E-state index in [4.69, 9.17) is 51.5 Å². The summed E-state index contributed by atoms with van der Waals surface area (Å²) in [6.45, 7) is -0.626. The van der Waals surface area contributed by atoms with Crippen LogP contribution in [0.4, 0.5) is 0 Å². The first-order chi connectivity index (χ1) is 6.91. The summed E-state index contributed by atoms with van der Waals surface area (Å²) >= 11 is 22.6. The molecule has 0 bridgehead atoms. The summed E-state index contributed by atoms with van der Waals surface area (Å²) in [6.07, 6.45) is 0. The third-order valence-electron chi connectivity index (χ3n) is 1.73. The Morgan fingerprint density at radius 1 is 1.06 bits per heavy atom. The van der Waals surface area contributed by atoms with Crippen molar-refractivity contribution in [1.82, 2.24) is 0 Å². The maximum absolute atomic E-state index is 10.8. The van der Waals surface area contributed by atoms with Gasteiger partial charge in [-0.05, 0) is 0 Å². The molecule has 0 spiro atoms. The number of hydrogen-bond acceptors (Lipinski definition) is 3. The number of aliphatic hydroxyl groups is 1. The van der Waals surface area contributed by atoms with Crippen LogP contribution >= 0.6 is 46.4 Å². The largest absolute Gasteiger partial charge is 1.00 e. The number of carboxylic acids is 1. The quantitative estimate of drug-likeness (QED) is 0.440. The molecule has 1 rings (SSSR count). The van der Waals surface area contributed by atoms with Crippen LogP contribution in [0.3, 0.4) is 0 Å². The molecule has 1 aromatic rings. The van der Waals surface area contributed by atoms with E-state index in [2.05, 4.69) is 0 Å². The minimum absolute atomic E-state index is 0. The second-order valence-corrected chi connectivity index (χ2v) is 4.07. The molecule has 0 radical (unpaired) electrons. The SMILES string of the molecule is O=C([O-])c1c(Cl)c(Cl)c(Cl)c(Cl)c1CO.[Na+]. The first-order valence-corrected chi connectivity index (χ1v) is 5.10. The van der Waals surface area contributed by atoms with E-state index in [0.29, 0.717) is 0 Å². The van der Waals surface area contributed by atoms with Crippen molar-refractivity contribution in [3.05, 3.63) is 31.2 Å². The Labute approximate surface area is 134 Å². The fraction of sp³-hybridized carbons (Fsp3) is 0.125. The van der Waals surface area contributed by atoms with E-state index < -0.39 is 18.1 Å². The Kier molecular flexibility index (Phi) is 7.00. The summed E-state index contributed by atoms with van der Waals surface area (Å²) in [6, 6.07) is 0. The van der Waals surface area contributed by atoms with Crippen LogP contribution in [0.15, 0.2) is 0 Å². The van der Waals surface area contributed by atoms with Gasteiger partial charge in [-0.15, -0.1) is 0 Å². The number of benzene rings is 1. The molecule has 0 fully saturated rings. The zero-order valence-electron chi connectivity index (χ0n) is 7.98. The molecule has 1 aromatic carbocycles. The van der Waals surface area contributed by atoms with E-state index in [1.54, 1.807) is 0 Å². The summed E-state index contributed by atoms with van der Waals surface area (Å²) in [4.78, 5) is 10.8. The van der Waals surface area contributed by atoms with Gasteiger partial charge >= 0.3 is 29.6 Å². The van der Waals surface area contributed by atoms with Crippen molar-refractivity contribution in [1.29, 1.82) is 0 Å². The van der Waals surface area contributed by atoms with Gasteiger partial charge in [0.05, 0.1) is 32.7 Å². The predicted molar refractivity (Wildman–Crippen MR) is 56.7 cm³/mol. The van der Waals surface area contributed by atoms with E-state index in [1.807, 2.05) is 0 Å². The Balaban J connectivity index is 0.00000225. The molecule has 0 heterocycles. The summed E-state index contributed by atoms with van der Waals surface area (Å²) in [5.41, 5.74) is -0.561. The van der Waals surface area contributed by atoms with Crippen molar-refractivity contribution >= 4 is 52.4 Å². The van der Waals surface area contributed by atoms with Gasteiger partial charge in [0, 0.05) is 11.1 Å². The monoisotopic (exact) mass is 310 g/mol. The third-order valence-corrected chi connectivity index (χ3v) is 3.57. The fourth-order valence-electron chi connectivity index (χ4n) is 1.04. The van der Waals surface area contributed by atoms with Crippen LogP contribution in [0.1, 0.15) is 15.9 Å². The average Bonchev–Trinajstić information content (AvgIpc) is 2.19. The maximum atomic E-state index is 10.8. The molecular formula is C8H3Cl4NaO3. The van der Waals surface area contributed by atoms with Gasteiger partial charge in [0.15, 0.2) is 0 Å². The molecule has 0 aliphatic carbocycles. The van der Waals surface area contributed by atoms with Crippen molar-refractivity contribution < 1.29 is 44.6 Å². The van der Waals surface area contributed by atoms with Crippen LogP contribution in [-0.2, 0) is 6.61 Å². The number of carboxylic acid groups (broad SMARTS) is 1. The minimum atomic E-state index is -1.58. The van der Waals surface area contributed by atoms with Gasteiger partial charge in [0.25, 0.3) is 0 Å². The van der Waals surface area contributed by atoms with Gasteiger partial charge in [0.2, 0.25) is 0 Å². The van der Waals surface area contributed by atoms with Crippen molar-refractivity contribution in [2.75, 3.05) is 0 Å². The van der Waals surface area contributed by atoms with Crippen LogP contribution in [-0.4, -0.2) is 11.1 Å². The van der Waals surface area contributed by atoms with Gasteiger partial charge in [-0.2, -0.15) is 0 Å². The third kappa shape index (κ3) is 2.98. The van der Waals surface area contributed by atoms with Crippen LogP contribution in [0.25, 0.3) is 0 Å². The van der Waals surface area contributed by atoms with Gasteiger partial charge in [-0.25, -0.2) is 0 Å². The number of hydrogen-bond donors (Lipinski definition) is 1. The maximum Gasteiger partial charge on any atom is 1.00 e. The number of halogens is 4. The second kappa shape index (κ2) is 6.66. The van der Waals surface area contributed by atoms with E-state index in [1.165, 1.54) is 0 Å². The minimum Gasteiger partial charge on any atom is -0.545 e. The molecule has 0 amide bonds. The molecule has 0 atom stereocenters. The molecule has 0 unspecified atom stereocenters. The van der Waals surface area contributed by atoms with E-state index in [-0.39, 0.29) is 55.2 Å². The molecule has 1 N–H and O–H groups in total. The number of aliphatic hydroxyl groups excluding tert-OH is 1. The zero-order chi connectivity index (χ0) is 11.7. The van der Waals surface area contributed by atoms with Crippen molar-refractivity contribution in [2.45, 2.75) is 6.61 Å². The molecule has 0 aliphatic rings. The summed E-state index contributed by atoms with van der Waals surface area (Å²) in [5, 5.41) is 19.0. The second-order valence-electron chi connectivity index (χ2n) is 2.56. The smallest absolute Gasteiger partial charge is 0.545 e. The topological polar surface area (TPSA) is 60.4 Å². The number of carbonyl (C=O) groups is 1. The predicted octanol–water partition coefficient (Wildman–Crippen LogP) is -0.840. The molecule has 0 saturated carbocycles. The zero-order valence-corrected chi connectivity index (χ0v) is 13.0.